The van der Waals surface area contributed by atoms with Crippen LogP contribution in [-0.2, 0) is 6.42 Å². The highest BCUT2D eigenvalue weighted by atomic mass is 16.4. The third-order valence-electron chi connectivity index (χ3n) is 2.99. The van der Waals surface area contributed by atoms with Gasteiger partial charge in [0.15, 0.2) is 0 Å². The summed E-state index contributed by atoms with van der Waals surface area (Å²) in [5.74, 6) is 1.46. The van der Waals surface area contributed by atoms with E-state index in [9.17, 15) is 5.11 Å². The number of aryl methyl sites for hydroxylation is 1. The second kappa shape index (κ2) is 5.19. The zero-order chi connectivity index (χ0) is 12.3. The Morgan fingerprint density at radius 3 is 2.35 bits per heavy atom. The molecule has 1 atom stereocenters. The molecule has 0 amide bonds. The molecular formula is C15H18O2. The van der Waals surface area contributed by atoms with Crippen molar-refractivity contribution >= 4 is 0 Å². The molecule has 90 valence electrons. The van der Waals surface area contributed by atoms with Crippen molar-refractivity contribution in [1.82, 2.24) is 0 Å². The molecule has 1 unspecified atom stereocenters. The van der Waals surface area contributed by atoms with Gasteiger partial charge in [0.2, 0.25) is 0 Å². The van der Waals surface area contributed by atoms with E-state index < -0.39 is 6.10 Å². The fourth-order valence-electron chi connectivity index (χ4n) is 1.79. The van der Waals surface area contributed by atoms with E-state index in [0.717, 1.165) is 17.7 Å². The van der Waals surface area contributed by atoms with Gasteiger partial charge in [-0.1, -0.05) is 38.1 Å². The maximum Gasteiger partial charge on any atom is 0.134 e. The van der Waals surface area contributed by atoms with Crippen LogP contribution in [0, 0.1) is 0 Å². The number of benzene rings is 1. The normalized spacial score (nSPS) is 12.6. The highest BCUT2D eigenvalue weighted by Gasteiger charge is 2.10. The lowest BCUT2D eigenvalue weighted by molar-refractivity contribution is 0.147. The van der Waals surface area contributed by atoms with Crippen LogP contribution < -0.4 is 0 Å². The van der Waals surface area contributed by atoms with Crippen molar-refractivity contribution in [2.45, 2.75) is 32.8 Å². The van der Waals surface area contributed by atoms with E-state index in [1.807, 2.05) is 19.1 Å². The predicted molar refractivity (Wildman–Crippen MR) is 68.8 cm³/mol. The number of hydrogen-bond donors (Lipinski definition) is 1. The van der Waals surface area contributed by atoms with Crippen LogP contribution in [0.25, 0.3) is 11.3 Å². The molecule has 1 aromatic heterocycles. The summed E-state index contributed by atoms with van der Waals surface area (Å²) in [6, 6.07) is 12.1. The second-order valence-electron chi connectivity index (χ2n) is 4.18. The first-order chi connectivity index (χ1) is 8.24. The fraction of sp³-hybridized carbons (Fsp3) is 0.333. The van der Waals surface area contributed by atoms with Crippen molar-refractivity contribution in [3.05, 3.63) is 47.7 Å². The molecule has 2 rings (SSSR count). The van der Waals surface area contributed by atoms with E-state index in [1.165, 1.54) is 5.56 Å². The molecule has 0 aliphatic carbocycles. The van der Waals surface area contributed by atoms with Gasteiger partial charge in [0.05, 0.1) is 0 Å². The Labute approximate surface area is 102 Å². The molecule has 1 aromatic carbocycles. The van der Waals surface area contributed by atoms with E-state index in [2.05, 4.69) is 31.2 Å². The number of rotatable bonds is 4. The Bertz CT molecular complexity index is 468. The van der Waals surface area contributed by atoms with E-state index in [4.69, 9.17) is 4.42 Å². The Hall–Kier alpha value is -1.54. The van der Waals surface area contributed by atoms with Crippen LogP contribution in [0.3, 0.4) is 0 Å². The topological polar surface area (TPSA) is 33.4 Å². The molecule has 17 heavy (non-hydrogen) atoms. The molecule has 2 nitrogen and oxygen atoms in total. The highest BCUT2D eigenvalue weighted by molar-refractivity contribution is 5.58. The van der Waals surface area contributed by atoms with Crippen molar-refractivity contribution in [3.8, 4) is 11.3 Å². The summed E-state index contributed by atoms with van der Waals surface area (Å²) < 4.78 is 5.65. The average Bonchev–Trinajstić information content (AvgIpc) is 2.87. The first kappa shape index (κ1) is 11.9. The van der Waals surface area contributed by atoms with Gasteiger partial charge in [-0.05, 0) is 30.5 Å². The quantitative estimate of drug-likeness (QED) is 0.862. The molecule has 0 aliphatic heterocycles. The summed E-state index contributed by atoms with van der Waals surface area (Å²) in [6.45, 7) is 4.07. The summed E-state index contributed by atoms with van der Waals surface area (Å²) in [4.78, 5) is 0. The molecule has 0 radical (unpaired) electrons. The van der Waals surface area contributed by atoms with Gasteiger partial charge in [-0.3, -0.25) is 0 Å². The minimum atomic E-state index is -0.501. The number of furan rings is 1. The Morgan fingerprint density at radius 1 is 1.06 bits per heavy atom. The second-order valence-corrected chi connectivity index (χ2v) is 4.18. The molecular weight excluding hydrogens is 212 g/mol. The maximum absolute atomic E-state index is 9.68. The monoisotopic (exact) mass is 230 g/mol. The van der Waals surface area contributed by atoms with Gasteiger partial charge in [0.25, 0.3) is 0 Å². The van der Waals surface area contributed by atoms with Gasteiger partial charge in [-0.15, -0.1) is 0 Å². The first-order valence-corrected chi connectivity index (χ1v) is 6.11. The largest absolute Gasteiger partial charge is 0.458 e. The first-order valence-electron chi connectivity index (χ1n) is 6.11. The van der Waals surface area contributed by atoms with E-state index in [0.29, 0.717) is 12.2 Å². The Morgan fingerprint density at radius 2 is 1.76 bits per heavy atom. The van der Waals surface area contributed by atoms with E-state index >= 15 is 0 Å². The third-order valence-corrected chi connectivity index (χ3v) is 2.99. The van der Waals surface area contributed by atoms with Crippen LogP contribution in [0.4, 0.5) is 0 Å². The molecule has 0 fully saturated rings. The molecule has 0 spiro atoms. The minimum absolute atomic E-state index is 0.501. The van der Waals surface area contributed by atoms with Gasteiger partial charge in [-0.25, -0.2) is 0 Å². The van der Waals surface area contributed by atoms with Gasteiger partial charge in [0.1, 0.15) is 17.6 Å². The third kappa shape index (κ3) is 2.59. The van der Waals surface area contributed by atoms with Crippen molar-refractivity contribution in [1.29, 1.82) is 0 Å². The fourth-order valence-corrected chi connectivity index (χ4v) is 1.79. The van der Waals surface area contributed by atoms with Crippen molar-refractivity contribution in [2.75, 3.05) is 0 Å². The Balaban J connectivity index is 2.24. The molecule has 0 aliphatic rings. The van der Waals surface area contributed by atoms with Crippen molar-refractivity contribution in [3.63, 3.8) is 0 Å². The zero-order valence-electron chi connectivity index (χ0n) is 10.3. The lowest BCUT2D eigenvalue weighted by atomic mass is 10.1. The molecule has 0 saturated carbocycles. The minimum Gasteiger partial charge on any atom is -0.458 e. The molecule has 0 saturated heterocycles. The van der Waals surface area contributed by atoms with Crippen molar-refractivity contribution in [2.24, 2.45) is 0 Å². The van der Waals surface area contributed by atoms with Gasteiger partial charge in [0, 0.05) is 5.56 Å². The summed E-state index contributed by atoms with van der Waals surface area (Å²) in [6.07, 6.45) is 1.21. The van der Waals surface area contributed by atoms with Crippen LogP contribution >= 0.6 is 0 Å². The van der Waals surface area contributed by atoms with Crippen molar-refractivity contribution < 1.29 is 9.52 Å². The zero-order valence-corrected chi connectivity index (χ0v) is 10.3. The highest BCUT2D eigenvalue weighted by Crippen LogP contribution is 2.26. The molecule has 1 heterocycles. The summed E-state index contributed by atoms with van der Waals surface area (Å²) in [5.41, 5.74) is 2.37. The SMILES string of the molecule is CCc1ccc(-c2ccc(C(O)CC)o2)cc1. The summed E-state index contributed by atoms with van der Waals surface area (Å²) in [7, 11) is 0. The average molecular weight is 230 g/mol. The molecule has 2 aromatic rings. The standard InChI is InChI=1S/C15H18O2/c1-3-11-5-7-12(8-6-11)14-9-10-15(17-14)13(16)4-2/h5-10,13,16H,3-4H2,1-2H3. The maximum atomic E-state index is 9.68. The van der Waals surface area contributed by atoms with E-state index in [-0.39, 0.29) is 0 Å². The van der Waals surface area contributed by atoms with Crippen LogP contribution in [-0.4, -0.2) is 5.11 Å². The van der Waals surface area contributed by atoms with Crippen LogP contribution in [0.5, 0.6) is 0 Å². The van der Waals surface area contributed by atoms with Gasteiger partial charge in [-0.2, -0.15) is 0 Å². The molecule has 1 N–H and O–H groups in total. The smallest absolute Gasteiger partial charge is 0.134 e. The predicted octanol–water partition coefficient (Wildman–Crippen LogP) is 3.95. The van der Waals surface area contributed by atoms with Crippen LogP contribution in [0.1, 0.15) is 37.7 Å². The summed E-state index contributed by atoms with van der Waals surface area (Å²) >= 11 is 0. The van der Waals surface area contributed by atoms with Gasteiger partial charge >= 0.3 is 0 Å². The number of aliphatic hydroxyl groups excluding tert-OH is 1. The summed E-state index contributed by atoms with van der Waals surface area (Å²) in [5, 5.41) is 9.68. The Kier molecular flexibility index (Phi) is 3.64. The van der Waals surface area contributed by atoms with E-state index in [1.54, 1.807) is 0 Å². The van der Waals surface area contributed by atoms with Gasteiger partial charge < -0.3 is 9.52 Å². The molecule has 0 bridgehead atoms. The lowest BCUT2D eigenvalue weighted by Crippen LogP contribution is -1.91. The van der Waals surface area contributed by atoms with Crippen LogP contribution in [0.2, 0.25) is 0 Å². The number of hydrogen-bond acceptors (Lipinski definition) is 2. The number of aliphatic hydroxyl groups is 1. The molecule has 2 heteroatoms. The van der Waals surface area contributed by atoms with Crippen LogP contribution in [0.15, 0.2) is 40.8 Å². The lowest BCUT2D eigenvalue weighted by Gasteiger charge is -2.03.